The summed E-state index contributed by atoms with van der Waals surface area (Å²) in [5, 5.41) is 17.8. The Bertz CT molecular complexity index is 655. The average molecular weight is 293 g/mol. The maximum absolute atomic E-state index is 8.91. The van der Waals surface area contributed by atoms with Crippen LogP contribution >= 0.6 is 0 Å². The summed E-state index contributed by atoms with van der Waals surface area (Å²) < 4.78 is 0. The molecule has 0 spiro atoms. The highest BCUT2D eigenvalue weighted by Crippen LogP contribution is 2.43. The second-order valence-corrected chi connectivity index (χ2v) is 6.67. The van der Waals surface area contributed by atoms with Crippen molar-refractivity contribution < 1.29 is 0 Å². The summed E-state index contributed by atoms with van der Waals surface area (Å²) in [6.45, 7) is 10.1. The summed E-state index contributed by atoms with van der Waals surface area (Å²) >= 11 is 0. The Morgan fingerprint density at radius 1 is 1.36 bits per heavy atom. The molecule has 0 aliphatic carbocycles. The fourth-order valence-corrected chi connectivity index (χ4v) is 3.50. The first-order valence-corrected chi connectivity index (χ1v) is 7.86. The topological polar surface area (TPSA) is 50.8 Å². The number of nitrogens with zero attached hydrogens (tertiary/aromatic N) is 3. The smallest absolute Gasteiger partial charge is 0.130 e. The summed E-state index contributed by atoms with van der Waals surface area (Å²) in [5.41, 5.74) is 3.84. The SMILES string of the molecule is CCCN1c2ccc(C=C(C#N)C#N)cc2C(C)CC1(C)C. The molecule has 114 valence electrons. The Kier molecular flexibility index (Phi) is 4.57. The number of allylic oxidation sites excluding steroid dienone is 1. The summed E-state index contributed by atoms with van der Waals surface area (Å²) in [6.07, 6.45) is 3.89. The normalized spacial score (nSPS) is 18.8. The fraction of sp³-hybridized carbons (Fsp3) is 0.474. The van der Waals surface area contributed by atoms with Gasteiger partial charge in [0.25, 0.3) is 0 Å². The van der Waals surface area contributed by atoms with Gasteiger partial charge in [0.1, 0.15) is 17.7 Å². The van der Waals surface area contributed by atoms with Crippen molar-refractivity contribution in [3.05, 3.63) is 34.9 Å². The third-order valence-corrected chi connectivity index (χ3v) is 4.41. The van der Waals surface area contributed by atoms with E-state index in [0.717, 1.165) is 24.9 Å². The highest BCUT2D eigenvalue weighted by atomic mass is 15.2. The molecule has 1 aromatic rings. The van der Waals surface area contributed by atoms with Crippen molar-refractivity contribution in [1.82, 2.24) is 0 Å². The molecule has 0 saturated heterocycles. The molecular weight excluding hydrogens is 270 g/mol. The first-order valence-electron chi connectivity index (χ1n) is 7.86. The lowest BCUT2D eigenvalue weighted by molar-refractivity contribution is 0.376. The number of fused-ring (bicyclic) bond motifs is 1. The summed E-state index contributed by atoms with van der Waals surface area (Å²) in [6, 6.07) is 10.1. The lowest BCUT2D eigenvalue weighted by atomic mass is 9.79. The van der Waals surface area contributed by atoms with Crippen molar-refractivity contribution in [3.63, 3.8) is 0 Å². The zero-order valence-electron chi connectivity index (χ0n) is 13.8. The monoisotopic (exact) mass is 293 g/mol. The zero-order valence-corrected chi connectivity index (χ0v) is 13.8. The van der Waals surface area contributed by atoms with E-state index in [-0.39, 0.29) is 11.1 Å². The number of hydrogen-bond donors (Lipinski definition) is 0. The van der Waals surface area contributed by atoms with E-state index < -0.39 is 0 Å². The van der Waals surface area contributed by atoms with Gasteiger partial charge in [-0.05, 0) is 61.9 Å². The van der Waals surface area contributed by atoms with E-state index in [4.69, 9.17) is 10.5 Å². The molecule has 3 nitrogen and oxygen atoms in total. The van der Waals surface area contributed by atoms with Crippen LogP contribution < -0.4 is 4.90 Å². The van der Waals surface area contributed by atoms with E-state index in [1.165, 1.54) is 11.3 Å². The zero-order chi connectivity index (χ0) is 16.3. The molecule has 2 rings (SSSR count). The molecule has 22 heavy (non-hydrogen) atoms. The molecule has 0 aromatic heterocycles. The Labute approximate surface area is 133 Å². The molecule has 1 aromatic carbocycles. The predicted octanol–water partition coefficient (Wildman–Crippen LogP) is 4.62. The molecule has 0 radical (unpaired) electrons. The molecule has 0 bridgehead atoms. The van der Waals surface area contributed by atoms with Gasteiger partial charge in [-0.1, -0.05) is 19.9 Å². The first-order chi connectivity index (χ1) is 10.4. The molecule has 1 atom stereocenters. The van der Waals surface area contributed by atoms with E-state index >= 15 is 0 Å². The van der Waals surface area contributed by atoms with E-state index in [1.54, 1.807) is 6.08 Å². The van der Waals surface area contributed by atoms with Crippen LogP contribution in [-0.4, -0.2) is 12.1 Å². The largest absolute Gasteiger partial charge is 0.366 e. The van der Waals surface area contributed by atoms with Gasteiger partial charge in [-0.2, -0.15) is 10.5 Å². The van der Waals surface area contributed by atoms with E-state index in [1.807, 2.05) is 18.2 Å². The lowest BCUT2D eigenvalue weighted by Crippen LogP contribution is -2.48. The quantitative estimate of drug-likeness (QED) is 0.764. The summed E-state index contributed by atoms with van der Waals surface area (Å²) in [4.78, 5) is 2.49. The molecule has 1 unspecified atom stereocenters. The van der Waals surface area contributed by atoms with Gasteiger partial charge in [-0.25, -0.2) is 0 Å². The number of nitriles is 2. The lowest BCUT2D eigenvalue weighted by Gasteiger charge is -2.47. The highest BCUT2D eigenvalue weighted by molar-refractivity contribution is 5.68. The summed E-state index contributed by atoms with van der Waals surface area (Å²) in [5.74, 6) is 0.471. The fourth-order valence-electron chi connectivity index (χ4n) is 3.50. The maximum atomic E-state index is 8.91. The number of benzene rings is 1. The molecule has 1 aliphatic rings. The first kappa shape index (κ1) is 16.1. The second-order valence-electron chi connectivity index (χ2n) is 6.67. The van der Waals surface area contributed by atoms with Crippen LogP contribution in [0.5, 0.6) is 0 Å². The van der Waals surface area contributed by atoms with Crippen LogP contribution in [0.1, 0.15) is 57.6 Å². The molecule has 1 heterocycles. The van der Waals surface area contributed by atoms with Crippen LogP contribution in [0.3, 0.4) is 0 Å². The van der Waals surface area contributed by atoms with Gasteiger partial charge < -0.3 is 4.90 Å². The third-order valence-electron chi connectivity index (χ3n) is 4.41. The predicted molar refractivity (Wildman–Crippen MR) is 90.4 cm³/mol. The Morgan fingerprint density at radius 2 is 2.05 bits per heavy atom. The number of rotatable bonds is 3. The Balaban J connectivity index is 2.50. The minimum atomic E-state index is 0.147. The van der Waals surface area contributed by atoms with Gasteiger partial charge in [0, 0.05) is 17.8 Å². The average Bonchev–Trinajstić information content (AvgIpc) is 2.48. The third kappa shape index (κ3) is 3.00. The van der Waals surface area contributed by atoms with Crippen LogP contribution in [0.15, 0.2) is 23.8 Å². The minimum Gasteiger partial charge on any atom is -0.366 e. The standard InChI is InChI=1S/C19H23N3/c1-5-8-22-18-7-6-15(9-16(12-20)13-21)10-17(18)14(2)11-19(22,3)4/h6-7,9-10,14H,5,8,11H2,1-4H3. The van der Waals surface area contributed by atoms with Crippen molar-refractivity contribution in [2.24, 2.45) is 0 Å². The van der Waals surface area contributed by atoms with Crippen LogP contribution in [0.25, 0.3) is 6.08 Å². The van der Waals surface area contributed by atoms with Gasteiger partial charge >= 0.3 is 0 Å². The molecule has 3 heteroatoms. The Morgan fingerprint density at radius 3 is 2.64 bits per heavy atom. The van der Waals surface area contributed by atoms with E-state index in [2.05, 4.69) is 44.7 Å². The van der Waals surface area contributed by atoms with E-state index in [0.29, 0.717) is 5.92 Å². The van der Waals surface area contributed by atoms with Crippen LogP contribution in [0, 0.1) is 22.7 Å². The van der Waals surface area contributed by atoms with Gasteiger partial charge in [-0.3, -0.25) is 0 Å². The molecular formula is C19H23N3. The molecule has 0 fully saturated rings. The van der Waals surface area contributed by atoms with Crippen molar-refractivity contribution in [2.45, 2.75) is 52.0 Å². The van der Waals surface area contributed by atoms with Crippen LogP contribution in [0.2, 0.25) is 0 Å². The van der Waals surface area contributed by atoms with Crippen molar-refractivity contribution >= 4 is 11.8 Å². The minimum absolute atomic E-state index is 0.147. The van der Waals surface area contributed by atoms with Crippen molar-refractivity contribution in [1.29, 1.82) is 10.5 Å². The molecule has 1 aliphatic heterocycles. The maximum Gasteiger partial charge on any atom is 0.130 e. The van der Waals surface area contributed by atoms with Crippen LogP contribution in [0.4, 0.5) is 5.69 Å². The Hall–Kier alpha value is -2.26. The second kappa shape index (κ2) is 6.24. The highest BCUT2D eigenvalue weighted by Gasteiger charge is 2.35. The van der Waals surface area contributed by atoms with Gasteiger partial charge in [0.2, 0.25) is 0 Å². The van der Waals surface area contributed by atoms with Crippen molar-refractivity contribution in [2.75, 3.05) is 11.4 Å². The molecule has 0 N–H and O–H groups in total. The molecule has 0 amide bonds. The number of anilines is 1. The van der Waals surface area contributed by atoms with Crippen LogP contribution in [-0.2, 0) is 0 Å². The van der Waals surface area contributed by atoms with E-state index in [9.17, 15) is 0 Å². The molecule has 0 saturated carbocycles. The van der Waals surface area contributed by atoms with Gasteiger partial charge in [0.05, 0.1) is 0 Å². The van der Waals surface area contributed by atoms with Crippen molar-refractivity contribution in [3.8, 4) is 12.1 Å². The van der Waals surface area contributed by atoms with Gasteiger partial charge in [-0.15, -0.1) is 0 Å². The summed E-state index contributed by atoms with van der Waals surface area (Å²) in [7, 11) is 0. The van der Waals surface area contributed by atoms with Gasteiger partial charge in [0.15, 0.2) is 0 Å². The number of hydrogen-bond acceptors (Lipinski definition) is 3.